The zero-order valence-electron chi connectivity index (χ0n) is 13.3. The van der Waals surface area contributed by atoms with Gasteiger partial charge in [0.1, 0.15) is 0 Å². The van der Waals surface area contributed by atoms with Gasteiger partial charge in [0.2, 0.25) is 0 Å². The number of hydrogen-bond donors (Lipinski definition) is 2. The molecule has 0 spiro atoms. The first-order valence-corrected chi connectivity index (χ1v) is 7.42. The Morgan fingerprint density at radius 3 is 2.59 bits per heavy atom. The van der Waals surface area contributed by atoms with Crippen molar-refractivity contribution in [2.75, 3.05) is 17.7 Å². The van der Waals surface area contributed by atoms with E-state index in [1.54, 1.807) is 18.2 Å². The van der Waals surface area contributed by atoms with Gasteiger partial charge in [-0.1, -0.05) is 13.0 Å². The molecule has 0 unspecified atom stereocenters. The van der Waals surface area contributed by atoms with E-state index in [4.69, 9.17) is 10.5 Å². The molecule has 2 rings (SSSR count). The lowest BCUT2D eigenvalue weighted by atomic mass is 10.1. The molecule has 4 heteroatoms. The Kier molecular flexibility index (Phi) is 5.04. The van der Waals surface area contributed by atoms with Gasteiger partial charge < -0.3 is 15.8 Å². The second-order valence-electron chi connectivity index (χ2n) is 5.36. The van der Waals surface area contributed by atoms with Crippen LogP contribution in [0.1, 0.15) is 34.8 Å². The van der Waals surface area contributed by atoms with E-state index >= 15 is 0 Å². The molecule has 3 N–H and O–H groups in total. The summed E-state index contributed by atoms with van der Waals surface area (Å²) >= 11 is 0. The minimum atomic E-state index is -0.361. The highest BCUT2D eigenvalue weighted by Crippen LogP contribution is 2.25. The fourth-order valence-electron chi connectivity index (χ4n) is 2.09. The van der Waals surface area contributed by atoms with Crippen molar-refractivity contribution in [3.63, 3.8) is 0 Å². The Labute approximate surface area is 131 Å². The van der Waals surface area contributed by atoms with Gasteiger partial charge in [0.15, 0.2) is 0 Å². The van der Waals surface area contributed by atoms with Crippen LogP contribution >= 0.6 is 0 Å². The predicted molar refractivity (Wildman–Crippen MR) is 90.6 cm³/mol. The van der Waals surface area contributed by atoms with E-state index < -0.39 is 0 Å². The van der Waals surface area contributed by atoms with Crippen molar-refractivity contribution in [3.05, 3.63) is 53.1 Å². The van der Waals surface area contributed by atoms with Crippen molar-refractivity contribution in [1.29, 1.82) is 0 Å². The molecule has 0 heterocycles. The molecule has 0 atom stereocenters. The molecular weight excluding hydrogens is 276 g/mol. The molecule has 0 amide bonds. The summed E-state index contributed by atoms with van der Waals surface area (Å²) in [5.74, 6) is -0.361. The summed E-state index contributed by atoms with van der Waals surface area (Å²) in [6, 6.07) is 11.3. The zero-order valence-corrected chi connectivity index (χ0v) is 13.3. The SMILES string of the molecule is CCCOC(=O)c1cc(N)ccc1Nc1ccc(C)c(C)c1. The Morgan fingerprint density at radius 2 is 1.91 bits per heavy atom. The number of nitrogen functional groups attached to an aromatic ring is 1. The number of benzene rings is 2. The number of ether oxygens (including phenoxy) is 1. The molecule has 0 saturated heterocycles. The third-order valence-corrected chi connectivity index (χ3v) is 3.49. The maximum Gasteiger partial charge on any atom is 0.340 e. The Hall–Kier alpha value is -2.49. The maximum atomic E-state index is 12.2. The summed E-state index contributed by atoms with van der Waals surface area (Å²) in [6.45, 7) is 6.48. The summed E-state index contributed by atoms with van der Waals surface area (Å²) in [4.78, 5) is 12.2. The van der Waals surface area contributed by atoms with E-state index in [9.17, 15) is 4.79 Å². The molecule has 4 nitrogen and oxygen atoms in total. The third kappa shape index (κ3) is 3.79. The fourth-order valence-corrected chi connectivity index (χ4v) is 2.09. The normalized spacial score (nSPS) is 10.3. The molecule has 0 aliphatic rings. The van der Waals surface area contributed by atoms with E-state index in [-0.39, 0.29) is 5.97 Å². The topological polar surface area (TPSA) is 64.3 Å². The molecule has 0 aromatic heterocycles. The molecule has 0 aliphatic carbocycles. The smallest absolute Gasteiger partial charge is 0.340 e. The van der Waals surface area contributed by atoms with E-state index in [1.165, 1.54) is 11.1 Å². The van der Waals surface area contributed by atoms with Gasteiger partial charge in [-0.15, -0.1) is 0 Å². The summed E-state index contributed by atoms with van der Waals surface area (Å²) in [5.41, 5.74) is 10.8. The lowest BCUT2D eigenvalue weighted by Crippen LogP contribution is -2.09. The molecule has 0 bridgehead atoms. The molecule has 2 aromatic carbocycles. The first kappa shape index (κ1) is 15.9. The summed E-state index contributed by atoms with van der Waals surface area (Å²) in [7, 11) is 0. The number of hydrogen-bond acceptors (Lipinski definition) is 4. The predicted octanol–water partition coefficient (Wildman–Crippen LogP) is 4.20. The van der Waals surface area contributed by atoms with E-state index in [2.05, 4.69) is 19.2 Å². The van der Waals surface area contributed by atoms with Crippen molar-refractivity contribution < 1.29 is 9.53 Å². The largest absolute Gasteiger partial charge is 0.462 e. The van der Waals surface area contributed by atoms with Gasteiger partial charge in [-0.2, -0.15) is 0 Å². The minimum absolute atomic E-state index is 0.361. The van der Waals surface area contributed by atoms with E-state index in [0.29, 0.717) is 23.5 Å². The van der Waals surface area contributed by atoms with E-state index in [0.717, 1.165) is 12.1 Å². The second kappa shape index (κ2) is 6.98. The number of carbonyl (C=O) groups is 1. The quantitative estimate of drug-likeness (QED) is 0.641. The monoisotopic (exact) mass is 298 g/mol. The average Bonchev–Trinajstić information content (AvgIpc) is 2.50. The summed E-state index contributed by atoms with van der Waals surface area (Å²) in [6.07, 6.45) is 0.786. The van der Waals surface area contributed by atoms with Crippen LogP contribution < -0.4 is 11.1 Å². The lowest BCUT2D eigenvalue weighted by Gasteiger charge is -2.13. The van der Waals surface area contributed by atoms with Gasteiger partial charge in [0, 0.05) is 11.4 Å². The number of rotatable bonds is 5. The number of aryl methyl sites for hydroxylation is 2. The Bertz CT molecular complexity index is 681. The molecule has 22 heavy (non-hydrogen) atoms. The minimum Gasteiger partial charge on any atom is -0.462 e. The van der Waals surface area contributed by atoms with Crippen LogP contribution in [0.2, 0.25) is 0 Å². The van der Waals surface area contributed by atoms with Gasteiger partial charge in [0.05, 0.1) is 17.9 Å². The van der Waals surface area contributed by atoms with Crippen LogP contribution in [0.15, 0.2) is 36.4 Å². The number of nitrogens with two attached hydrogens (primary N) is 1. The second-order valence-corrected chi connectivity index (χ2v) is 5.36. The number of nitrogens with one attached hydrogen (secondary N) is 1. The Morgan fingerprint density at radius 1 is 1.14 bits per heavy atom. The first-order valence-electron chi connectivity index (χ1n) is 7.42. The van der Waals surface area contributed by atoms with Crippen LogP contribution in [-0.2, 0) is 4.74 Å². The van der Waals surface area contributed by atoms with Gasteiger partial charge in [0.25, 0.3) is 0 Å². The number of anilines is 3. The lowest BCUT2D eigenvalue weighted by molar-refractivity contribution is 0.0506. The summed E-state index contributed by atoms with van der Waals surface area (Å²) < 4.78 is 5.22. The van der Waals surface area contributed by atoms with Crippen molar-refractivity contribution in [1.82, 2.24) is 0 Å². The van der Waals surface area contributed by atoms with Gasteiger partial charge >= 0.3 is 5.97 Å². The number of esters is 1. The standard InChI is InChI=1S/C18H22N2O2/c1-4-9-22-18(21)16-11-14(19)6-8-17(16)20-15-7-5-12(2)13(3)10-15/h5-8,10-11,20H,4,9,19H2,1-3H3. The summed E-state index contributed by atoms with van der Waals surface area (Å²) in [5, 5.41) is 3.27. The Balaban J connectivity index is 2.29. The average molecular weight is 298 g/mol. The molecule has 116 valence electrons. The van der Waals surface area contributed by atoms with Gasteiger partial charge in [-0.05, 0) is 61.7 Å². The van der Waals surface area contributed by atoms with E-state index in [1.807, 2.05) is 25.1 Å². The first-order chi connectivity index (χ1) is 10.5. The maximum absolute atomic E-state index is 12.2. The van der Waals surface area contributed by atoms with Crippen LogP contribution in [0, 0.1) is 13.8 Å². The fraction of sp³-hybridized carbons (Fsp3) is 0.278. The molecule has 0 aliphatic heterocycles. The van der Waals surface area contributed by atoms with Crippen LogP contribution in [0.25, 0.3) is 0 Å². The van der Waals surface area contributed by atoms with Crippen molar-refractivity contribution in [2.24, 2.45) is 0 Å². The third-order valence-electron chi connectivity index (χ3n) is 3.49. The van der Waals surface area contributed by atoms with Gasteiger partial charge in [-0.25, -0.2) is 4.79 Å². The van der Waals surface area contributed by atoms with Crippen LogP contribution in [0.4, 0.5) is 17.1 Å². The molecular formula is C18H22N2O2. The van der Waals surface area contributed by atoms with Crippen molar-refractivity contribution >= 4 is 23.0 Å². The number of carbonyl (C=O) groups excluding carboxylic acids is 1. The van der Waals surface area contributed by atoms with Crippen molar-refractivity contribution in [3.8, 4) is 0 Å². The highest BCUT2D eigenvalue weighted by molar-refractivity contribution is 5.97. The van der Waals surface area contributed by atoms with Crippen LogP contribution in [0.3, 0.4) is 0 Å². The highest BCUT2D eigenvalue weighted by atomic mass is 16.5. The highest BCUT2D eigenvalue weighted by Gasteiger charge is 2.13. The molecule has 2 aromatic rings. The van der Waals surface area contributed by atoms with Crippen LogP contribution in [0.5, 0.6) is 0 Å². The molecule has 0 fully saturated rings. The van der Waals surface area contributed by atoms with Crippen LogP contribution in [-0.4, -0.2) is 12.6 Å². The van der Waals surface area contributed by atoms with Crippen molar-refractivity contribution in [2.45, 2.75) is 27.2 Å². The zero-order chi connectivity index (χ0) is 16.1. The van der Waals surface area contributed by atoms with Gasteiger partial charge in [-0.3, -0.25) is 0 Å². The molecule has 0 radical (unpaired) electrons. The molecule has 0 saturated carbocycles.